The maximum Gasteiger partial charge on any atom is 0.272 e. The van der Waals surface area contributed by atoms with Crippen LogP contribution in [-0.2, 0) is 4.74 Å². The molecule has 26 heavy (non-hydrogen) atoms. The van der Waals surface area contributed by atoms with E-state index in [1.54, 1.807) is 0 Å². The molecule has 6 nitrogen and oxygen atoms in total. The molecule has 2 heterocycles. The fraction of sp³-hybridized carbons (Fsp3) is 0.789. The number of halogens is 1. The summed E-state index contributed by atoms with van der Waals surface area (Å²) in [6, 6.07) is 2.45. The third kappa shape index (κ3) is 3.51. The van der Waals surface area contributed by atoms with Crippen LogP contribution < -0.4 is 10.6 Å². The van der Waals surface area contributed by atoms with Gasteiger partial charge in [0.1, 0.15) is 5.69 Å². The Morgan fingerprint density at radius 3 is 2.92 bits per heavy atom. The van der Waals surface area contributed by atoms with E-state index in [-0.39, 0.29) is 29.8 Å². The van der Waals surface area contributed by atoms with Crippen LogP contribution in [0.2, 0.25) is 0 Å². The lowest BCUT2D eigenvalue weighted by atomic mass is 9.60. The lowest BCUT2D eigenvalue weighted by Crippen LogP contribution is -2.63. The predicted octanol–water partition coefficient (Wildman–Crippen LogP) is 2.70. The summed E-state index contributed by atoms with van der Waals surface area (Å²) in [4.78, 5) is 12.7. The minimum absolute atomic E-state index is 0. The lowest BCUT2D eigenvalue weighted by molar-refractivity contribution is -0.127. The number of aromatic nitrogens is 2. The number of carbonyl (C=O) groups is 1. The molecule has 2 aliphatic carbocycles. The van der Waals surface area contributed by atoms with Crippen molar-refractivity contribution in [2.45, 2.75) is 70.1 Å². The zero-order valence-corrected chi connectivity index (χ0v) is 16.4. The van der Waals surface area contributed by atoms with Crippen molar-refractivity contribution in [1.82, 2.24) is 20.4 Å². The summed E-state index contributed by atoms with van der Waals surface area (Å²) in [5, 5.41) is 11.2. The number of nitrogens with one attached hydrogen (secondary N) is 2. The van der Waals surface area contributed by atoms with Gasteiger partial charge in [-0.2, -0.15) is 5.10 Å². The molecule has 3 aliphatic rings. The SMILES string of the molecule is CCOC1CC(NC(=O)c2ccn(C3CCCNC3)n2)C12CCCC2.Cl. The molecule has 1 saturated heterocycles. The van der Waals surface area contributed by atoms with Crippen LogP contribution in [0.1, 0.15) is 68.4 Å². The van der Waals surface area contributed by atoms with Crippen molar-refractivity contribution in [3.8, 4) is 0 Å². The minimum atomic E-state index is -0.0336. The molecule has 3 atom stereocenters. The zero-order valence-electron chi connectivity index (χ0n) is 15.6. The van der Waals surface area contributed by atoms with Gasteiger partial charge in [0.25, 0.3) is 5.91 Å². The molecule has 2 saturated carbocycles. The van der Waals surface area contributed by atoms with E-state index in [4.69, 9.17) is 4.74 Å². The van der Waals surface area contributed by atoms with Crippen LogP contribution in [0, 0.1) is 5.41 Å². The monoisotopic (exact) mass is 382 g/mol. The molecule has 1 amide bonds. The van der Waals surface area contributed by atoms with Gasteiger partial charge in [0.15, 0.2) is 0 Å². The first kappa shape index (κ1) is 19.6. The van der Waals surface area contributed by atoms with Gasteiger partial charge in [0, 0.05) is 30.8 Å². The summed E-state index contributed by atoms with van der Waals surface area (Å²) in [5.74, 6) is -0.0336. The number of hydrogen-bond donors (Lipinski definition) is 2. The second-order valence-electron chi connectivity index (χ2n) is 7.83. The summed E-state index contributed by atoms with van der Waals surface area (Å²) < 4.78 is 7.89. The van der Waals surface area contributed by atoms with Gasteiger partial charge in [0.05, 0.1) is 12.1 Å². The van der Waals surface area contributed by atoms with Crippen LogP contribution in [0.5, 0.6) is 0 Å². The molecule has 0 radical (unpaired) electrons. The Kier molecular flexibility index (Phi) is 6.25. The molecule has 2 N–H and O–H groups in total. The Morgan fingerprint density at radius 1 is 1.42 bits per heavy atom. The average molecular weight is 383 g/mol. The molecular weight excluding hydrogens is 352 g/mol. The molecule has 146 valence electrons. The van der Waals surface area contributed by atoms with Crippen molar-refractivity contribution in [2.75, 3.05) is 19.7 Å². The first-order chi connectivity index (χ1) is 12.2. The van der Waals surface area contributed by atoms with Crippen molar-refractivity contribution in [3.05, 3.63) is 18.0 Å². The molecule has 1 aromatic heterocycles. The number of carbonyl (C=O) groups excluding carboxylic acids is 1. The van der Waals surface area contributed by atoms with Gasteiger partial charge in [-0.3, -0.25) is 9.48 Å². The normalized spacial score (nSPS) is 29.8. The van der Waals surface area contributed by atoms with Crippen molar-refractivity contribution < 1.29 is 9.53 Å². The van der Waals surface area contributed by atoms with E-state index in [0.29, 0.717) is 17.8 Å². The molecule has 3 fully saturated rings. The quantitative estimate of drug-likeness (QED) is 0.821. The highest BCUT2D eigenvalue weighted by atomic mass is 35.5. The van der Waals surface area contributed by atoms with Gasteiger partial charge >= 0.3 is 0 Å². The third-order valence-electron chi connectivity index (χ3n) is 6.48. The molecule has 0 aromatic carbocycles. The van der Waals surface area contributed by atoms with E-state index < -0.39 is 0 Å². The van der Waals surface area contributed by atoms with Crippen LogP contribution in [0.3, 0.4) is 0 Å². The van der Waals surface area contributed by atoms with Crippen molar-refractivity contribution in [1.29, 1.82) is 0 Å². The number of ether oxygens (including phenoxy) is 1. The van der Waals surface area contributed by atoms with E-state index in [1.165, 1.54) is 25.7 Å². The smallest absolute Gasteiger partial charge is 0.272 e. The summed E-state index contributed by atoms with van der Waals surface area (Å²) in [7, 11) is 0. The topological polar surface area (TPSA) is 68.2 Å². The van der Waals surface area contributed by atoms with E-state index in [2.05, 4.69) is 22.7 Å². The van der Waals surface area contributed by atoms with Crippen molar-refractivity contribution in [3.63, 3.8) is 0 Å². The van der Waals surface area contributed by atoms with Crippen LogP contribution >= 0.6 is 12.4 Å². The van der Waals surface area contributed by atoms with Crippen molar-refractivity contribution >= 4 is 18.3 Å². The Hall–Kier alpha value is -1.11. The standard InChI is InChI=1S/C19H30N4O2.ClH/c1-2-25-17-12-16(19(17)8-3-4-9-19)21-18(24)15-7-11-23(22-15)14-6-5-10-20-13-14;/h7,11,14,16-17,20H,2-6,8-10,12-13H2,1H3,(H,21,24);1H. The number of rotatable bonds is 5. The molecule has 0 bridgehead atoms. The Balaban J connectivity index is 0.00000196. The third-order valence-corrected chi connectivity index (χ3v) is 6.48. The summed E-state index contributed by atoms with van der Waals surface area (Å²) in [6.45, 7) is 4.83. The number of nitrogens with zero attached hydrogens (tertiary/aromatic N) is 2. The lowest BCUT2D eigenvalue weighted by Gasteiger charge is -2.54. The van der Waals surface area contributed by atoms with Gasteiger partial charge in [-0.15, -0.1) is 12.4 Å². The van der Waals surface area contributed by atoms with Crippen LogP contribution in [0.25, 0.3) is 0 Å². The Labute approximate surface area is 161 Å². The second kappa shape index (κ2) is 8.28. The molecule has 1 aliphatic heterocycles. The van der Waals surface area contributed by atoms with Crippen molar-refractivity contribution in [2.24, 2.45) is 5.41 Å². The van der Waals surface area contributed by atoms with Gasteiger partial charge < -0.3 is 15.4 Å². The van der Waals surface area contributed by atoms with Crippen LogP contribution in [-0.4, -0.2) is 47.5 Å². The first-order valence-electron chi connectivity index (χ1n) is 9.91. The largest absolute Gasteiger partial charge is 0.378 e. The van der Waals surface area contributed by atoms with Crippen LogP contribution in [0.4, 0.5) is 0 Å². The summed E-state index contributed by atoms with van der Waals surface area (Å²) >= 11 is 0. The minimum Gasteiger partial charge on any atom is -0.378 e. The molecule has 7 heteroatoms. The zero-order chi connectivity index (χ0) is 17.3. The molecule has 4 rings (SSSR count). The predicted molar refractivity (Wildman–Crippen MR) is 103 cm³/mol. The second-order valence-corrected chi connectivity index (χ2v) is 7.83. The molecule has 3 unspecified atom stereocenters. The van der Waals surface area contributed by atoms with E-state index in [0.717, 1.165) is 39.0 Å². The maximum atomic E-state index is 12.7. The Bertz CT molecular complexity index is 608. The van der Waals surface area contributed by atoms with Gasteiger partial charge in [0.2, 0.25) is 0 Å². The fourth-order valence-corrected chi connectivity index (χ4v) is 5.04. The van der Waals surface area contributed by atoms with E-state index in [1.807, 2.05) is 16.9 Å². The highest BCUT2D eigenvalue weighted by molar-refractivity contribution is 5.92. The summed E-state index contributed by atoms with van der Waals surface area (Å²) in [6.07, 6.45) is 10.3. The Morgan fingerprint density at radius 2 is 2.23 bits per heavy atom. The van der Waals surface area contributed by atoms with Gasteiger partial charge in [-0.1, -0.05) is 12.8 Å². The van der Waals surface area contributed by atoms with Gasteiger partial charge in [-0.25, -0.2) is 0 Å². The van der Waals surface area contributed by atoms with E-state index in [9.17, 15) is 4.79 Å². The molecule has 1 spiro atoms. The van der Waals surface area contributed by atoms with Crippen LogP contribution in [0.15, 0.2) is 12.3 Å². The highest BCUT2D eigenvalue weighted by Gasteiger charge is 2.57. The maximum absolute atomic E-state index is 12.7. The fourth-order valence-electron chi connectivity index (χ4n) is 5.04. The number of hydrogen-bond acceptors (Lipinski definition) is 4. The highest BCUT2D eigenvalue weighted by Crippen LogP contribution is 2.54. The number of amides is 1. The summed E-state index contributed by atoms with van der Waals surface area (Å²) in [5.41, 5.74) is 0.709. The van der Waals surface area contributed by atoms with E-state index >= 15 is 0 Å². The number of piperidine rings is 1. The van der Waals surface area contributed by atoms with Gasteiger partial charge in [-0.05, 0) is 51.6 Å². The average Bonchev–Trinajstić information content (AvgIpc) is 3.32. The first-order valence-corrected chi connectivity index (χ1v) is 9.91. The molecular formula is C19H31ClN4O2. The molecule has 1 aromatic rings.